The number of benzene rings is 1. The largest absolute Gasteiger partial charge is 0.494 e. The molecular formula is C16H25NO4S2. The zero-order valence-corrected chi connectivity index (χ0v) is 15.7. The maximum atomic E-state index is 12.6. The first kappa shape index (κ1) is 20.0. The van der Waals surface area contributed by atoms with Crippen LogP contribution in [0.4, 0.5) is 0 Å². The molecule has 0 aliphatic carbocycles. The predicted octanol–water partition coefficient (Wildman–Crippen LogP) is 3.15. The molecule has 0 N–H and O–H groups in total. The molecule has 0 radical (unpaired) electrons. The van der Waals surface area contributed by atoms with Crippen LogP contribution in [0.15, 0.2) is 29.2 Å². The summed E-state index contributed by atoms with van der Waals surface area (Å²) in [5.74, 6) is 1.10. The lowest BCUT2D eigenvalue weighted by Crippen LogP contribution is -2.36. The molecule has 1 atom stereocenters. The maximum Gasteiger partial charge on any atom is 0.243 e. The van der Waals surface area contributed by atoms with Crippen LogP contribution in [0.5, 0.6) is 5.75 Å². The first-order valence-electron chi connectivity index (χ1n) is 7.63. The second-order valence-corrected chi connectivity index (χ2v) is 8.54. The molecule has 1 aromatic rings. The van der Waals surface area contributed by atoms with Crippen molar-refractivity contribution in [3.05, 3.63) is 24.3 Å². The van der Waals surface area contributed by atoms with Crippen molar-refractivity contribution in [1.82, 2.24) is 4.31 Å². The first-order chi connectivity index (χ1) is 10.8. The van der Waals surface area contributed by atoms with Gasteiger partial charge in [-0.1, -0.05) is 25.1 Å². The van der Waals surface area contributed by atoms with E-state index in [0.717, 1.165) is 24.6 Å². The van der Waals surface area contributed by atoms with E-state index in [1.54, 1.807) is 31.2 Å². The Kier molecular flexibility index (Phi) is 8.08. The predicted molar refractivity (Wildman–Crippen MR) is 94.4 cm³/mol. The average molecular weight is 360 g/mol. The highest BCUT2D eigenvalue weighted by Gasteiger charge is 2.25. The maximum absolute atomic E-state index is 12.6. The molecule has 0 fully saturated rings. The van der Waals surface area contributed by atoms with Crippen LogP contribution in [0, 0.1) is 0 Å². The van der Waals surface area contributed by atoms with Gasteiger partial charge < -0.3 is 4.74 Å². The fraction of sp³-hybridized carbons (Fsp3) is 0.562. The zero-order chi connectivity index (χ0) is 17.5. The van der Waals surface area contributed by atoms with Crippen molar-refractivity contribution in [3.63, 3.8) is 0 Å². The molecule has 0 bridgehead atoms. The summed E-state index contributed by atoms with van der Waals surface area (Å²) in [7, 11) is -2.04. The molecule has 0 aliphatic rings. The molecule has 0 spiro atoms. The minimum atomic E-state index is -3.57. The highest BCUT2D eigenvalue weighted by atomic mass is 32.2. The summed E-state index contributed by atoms with van der Waals surface area (Å²) in [4.78, 5) is 11.2. The third kappa shape index (κ3) is 6.16. The standard InChI is InChI=1S/C16H25NO4S2/c1-5-6-11-21-15-7-9-16(10-8-15)23(19,20)17(4)13(2)12-22-14(3)18/h7-10,13H,5-6,11-12H2,1-4H3/t13-/m0/s1. The van der Waals surface area contributed by atoms with E-state index in [1.807, 2.05) is 0 Å². The Labute approximate surface area is 143 Å². The summed E-state index contributed by atoms with van der Waals surface area (Å²) >= 11 is 1.13. The van der Waals surface area contributed by atoms with Gasteiger partial charge in [0.1, 0.15) is 5.75 Å². The monoisotopic (exact) mass is 359 g/mol. The molecule has 0 aliphatic heterocycles. The van der Waals surface area contributed by atoms with Gasteiger partial charge in [-0.25, -0.2) is 8.42 Å². The number of thioether (sulfide) groups is 1. The molecule has 0 amide bonds. The molecule has 5 nitrogen and oxygen atoms in total. The minimum absolute atomic E-state index is 0.0174. The molecule has 0 saturated carbocycles. The van der Waals surface area contributed by atoms with E-state index < -0.39 is 10.0 Å². The normalized spacial score (nSPS) is 13.1. The Balaban J connectivity index is 2.76. The van der Waals surface area contributed by atoms with Crippen LogP contribution in [0.2, 0.25) is 0 Å². The van der Waals surface area contributed by atoms with Crippen LogP contribution < -0.4 is 4.74 Å². The highest BCUT2D eigenvalue weighted by molar-refractivity contribution is 8.13. The van der Waals surface area contributed by atoms with E-state index in [-0.39, 0.29) is 16.1 Å². The van der Waals surface area contributed by atoms with Gasteiger partial charge in [0.05, 0.1) is 11.5 Å². The second kappa shape index (κ2) is 9.30. The summed E-state index contributed by atoms with van der Waals surface area (Å²) < 4.78 is 32.0. The van der Waals surface area contributed by atoms with Crippen LogP contribution in [-0.4, -0.2) is 43.3 Å². The number of hydrogen-bond acceptors (Lipinski definition) is 5. The van der Waals surface area contributed by atoms with E-state index >= 15 is 0 Å². The molecule has 130 valence electrons. The van der Waals surface area contributed by atoms with Crippen LogP contribution >= 0.6 is 11.8 Å². The minimum Gasteiger partial charge on any atom is -0.494 e. The quantitative estimate of drug-likeness (QED) is 0.634. The number of unbranched alkanes of at least 4 members (excludes halogenated alkanes) is 1. The number of carbonyl (C=O) groups excluding carboxylic acids is 1. The van der Waals surface area contributed by atoms with Crippen molar-refractivity contribution in [2.75, 3.05) is 19.4 Å². The SMILES string of the molecule is CCCCOc1ccc(S(=O)(=O)N(C)[C@@H](C)CSC(C)=O)cc1. The molecule has 0 heterocycles. The van der Waals surface area contributed by atoms with Gasteiger partial charge in [-0.15, -0.1) is 0 Å². The van der Waals surface area contributed by atoms with Crippen LogP contribution in [0.1, 0.15) is 33.6 Å². The Bertz CT molecular complexity index is 599. The third-order valence-electron chi connectivity index (χ3n) is 3.42. The van der Waals surface area contributed by atoms with E-state index in [4.69, 9.17) is 4.74 Å². The molecule has 0 unspecified atom stereocenters. The van der Waals surface area contributed by atoms with Gasteiger partial charge in [-0.05, 0) is 37.6 Å². The topological polar surface area (TPSA) is 63.7 Å². The van der Waals surface area contributed by atoms with Crippen molar-refractivity contribution < 1.29 is 17.9 Å². The molecule has 0 aromatic heterocycles. The third-order valence-corrected chi connectivity index (χ3v) is 6.46. The average Bonchev–Trinajstić information content (AvgIpc) is 2.52. The Morgan fingerprint density at radius 2 is 1.91 bits per heavy atom. The Morgan fingerprint density at radius 3 is 2.43 bits per heavy atom. The molecule has 0 saturated heterocycles. The summed E-state index contributed by atoms with van der Waals surface area (Å²) in [5, 5.41) is -0.0174. The van der Waals surface area contributed by atoms with Crippen LogP contribution in [0.3, 0.4) is 0 Å². The number of hydrogen-bond donors (Lipinski definition) is 0. The number of sulfonamides is 1. The van der Waals surface area contributed by atoms with Gasteiger partial charge in [-0.2, -0.15) is 4.31 Å². The number of ether oxygens (including phenoxy) is 1. The van der Waals surface area contributed by atoms with Gasteiger partial charge in [0.25, 0.3) is 0 Å². The molecule has 7 heteroatoms. The number of nitrogens with zero attached hydrogens (tertiary/aromatic N) is 1. The Hall–Kier alpha value is -1.05. The number of carbonyl (C=O) groups is 1. The second-order valence-electron chi connectivity index (χ2n) is 5.35. The molecule has 1 rings (SSSR count). The molecule has 1 aromatic carbocycles. The summed E-state index contributed by atoms with van der Waals surface area (Å²) in [5.41, 5.74) is 0. The van der Waals surface area contributed by atoms with Crippen LogP contribution in [0.25, 0.3) is 0 Å². The van der Waals surface area contributed by atoms with Gasteiger partial charge in [0.2, 0.25) is 10.0 Å². The van der Waals surface area contributed by atoms with E-state index in [9.17, 15) is 13.2 Å². The Morgan fingerprint density at radius 1 is 1.30 bits per heavy atom. The summed E-state index contributed by atoms with van der Waals surface area (Å²) in [6.45, 7) is 5.97. The first-order valence-corrected chi connectivity index (χ1v) is 10.1. The van der Waals surface area contributed by atoms with Crippen LogP contribution in [-0.2, 0) is 14.8 Å². The smallest absolute Gasteiger partial charge is 0.243 e. The van der Waals surface area contributed by atoms with Crippen molar-refractivity contribution in [2.45, 2.75) is 44.6 Å². The van der Waals surface area contributed by atoms with Gasteiger partial charge >= 0.3 is 0 Å². The fourth-order valence-electron chi connectivity index (χ4n) is 1.79. The molecular weight excluding hydrogens is 334 g/mol. The van der Waals surface area contributed by atoms with E-state index in [1.165, 1.54) is 18.3 Å². The van der Waals surface area contributed by atoms with Gasteiger partial charge in [0, 0.05) is 25.8 Å². The van der Waals surface area contributed by atoms with E-state index in [0.29, 0.717) is 18.1 Å². The fourth-order valence-corrected chi connectivity index (χ4v) is 3.94. The lowest BCUT2D eigenvalue weighted by Gasteiger charge is -2.23. The van der Waals surface area contributed by atoms with Crippen molar-refractivity contribution >= 4 is 26.9 Å². The highest BCUT2D eigenvalue weighted by Crippen LogP contribution is 2.21. The zero-order valence-electron chi connectivity index (χ0n) is 14.1. The summed E-state index contributed by atoms with van der Waals surface area (Å²) in [6, 6.07) is 6.18. The van der Waals surface area contributed by atoms with Crippen molar-refractivity contribution in [2.24, 2.45) is 0 Å². The van der Waals surface area contributed by atoms with Gasteiger partial charge in [0.15, 0.2) is 5.12 Å². The lowest BCUT2D eigenvalue weighted by molar-refractivity contribution is -0.109. The van der Waals surface area contributed by atoms with Gasteiger partial charge in [-0.3, -0.25) is 4.79 Å². The summed E-state index contributed by atoms with van der Waals surface area (Å²) in [6.07, 6.45) is 2.02. The van der Waals surface area contributed by atoms with Crippen molar-refractivity contribution in [1.29, 1.82) is 0 Å². The number of rotatable bonds is 9. The van der Waals surface area contributed by atoms with E-state index in [2.05, 4.69) is 6.92 Å². The van der Waals surface area contributed by atoms with Crippen molar-refractivity contribution in [3.8, 4) is 5.75 Å². The molecule has 23 heavy (non-hydrogen) atoms. The lowest BCUT2D eigenvalue weighted by atomic mass is 10.3.